The quantitative estimate of drug-likeness (QED) is 0.611. The van der Waals surface area contributed by atoms with E-state index in [9.17, 15) is 9.59 Å². The monoisotopic (exact) mass is 435 g/mol. The van der Waals surface area contributed by atoms with Gasteiger partial charge in [0.2, 0.25) is 5.91 Å². The molecule has 5 nitrogen and oxygen atoms in total. The fourth-order valence-corrected chi connectivity index (χ4v) is 3.18. The van der Waals surface area contributed by atoms with Crippen molar-refractivity contribution in [2.24, 2.45) is 0 Å². The Kier molecular flexibility index (Phi) is 9.45. The molecule has 7 heteroatoms. The Labute approximate surface area is 182 Å². The highest BCUT2D eigenvalue weighted by Gasteiger charge is 2.15. The van der Waals surface area contributed by atoms with Gasteiger partial charge < -0.3 is 15.1 Å². The first-order chi connectivity index (χ1) is 13.9. The van der Waals surface area contributed by atoms with Crippen molar-refractivity contribution in [1.82, 2.24) is 15.1 Å². The van der Waals surface area contributed by atoms with Crippen molar-refractivity contribution in [2.45, 2.75) is 19.4 Å². The van der Waals surface area contributed by atoms with E-state index in [1.807, 2.05) is 38.4 Å². The summed E-state index contributed by atoms with van der Waals surface area (Å²) in [5.74, 6) is -0.190. The van der Waals surface area contributed by atoms with Gasteiger partial charge in [-0.25, -0.2) is 0 Å². The van der Waals surface area contributed by atoms with E-state index in [1.54, 1.807) is 29.2 Å². The summed E-state index contributed by atoms with van der Waals surface area (Å²) < 4.78 is 0. The molecule has 0 saturated carbocycles. The molecule has 2 rings (SSSR count). The van der Waals surface area contributed by atoms with Crippen molar-refractivity contribution in [3.63, 3.8) is 0 Å². The van der Waals surface area contributed by atoms with Gasteiger partial charge in [-0.05, 0) is 56.9 Å². The van der Waals surface area contributed by atoms with Crippen molar-refractivity contribution in [3.8, 4) is 0 Å². The van der Waals surface area contributed by atoms with Crippen LogP contribution in [0.4, 0.5) is 0 Å². The van der Waals surface area contributed by atoms with E-state index in [-0.39, 0.29) is 24.8 Å². The molecular weight excluding hydrogens is 409 g/mol. The number of halogens is 2. The Morgan fingerprint density at radius 2 is 1.69 bits per heavy atom. The Morgan fingerprint density at radius 1 is 0.966 bits per heavy atom. The molecule has 0 saturated heterocycles. The Morgan fingerprint density at radius 3 is 2.34 bits per heavy atom. The molecule has 0 aliphatic carbocycles. The first kappa shape index (κ1) is 23.2. The molecule has 0 radical (unpaired) electrons. The van der Waals surface area contributed by atoms with Crippen LogP contribution >= 0.6 is 23.2 Å². The smallest absolute Gasteiger partial charge is 0.251 e. The zero-order chi connectivity index (χ0) is 21.2. The van der Waals surface area contributed by atoms with Crippen LogP contribution < -0.4 is 5.32 Å². The number of benzene rings is 2. The summed E-state index contributed by atoms with van der Waals surface area (Å²) in [5.41, 5.74) is 1.50. The van der Waals surface area contributed by atoms with Crippen LogP contribution in [0.2, 0.25) is 10.0 Å². The van der Waals surface area contributed by atoms with Gasteiger partial charge in [0, 0.05) is 31.6 Å². The molecular formula is C22H27Cl2N3O2. The van der Waals surface area contributed by atoms with Crippen molar-refractivity contribution in [2.75, 3.05) is 33.7 Å². The third kappa shape index (κ3) is 8.05. The van der Waals surface area contributed by atoms with Gasteiger partial charge in [0.05, 0.1) is 10.0 Å². The summed E-state index contributed by atoms with van der Waals surface area (Å²) >= 11 is 12.1. The lowest BCUT2D eigenvalue weighted by molar-refractivity contribution is -0.131. The molecule has 0 aliphatic heterocycles. The maximum absolute atomic E-state index is 12.8. The number of hydrogen-bond donors (Lipinski definition) is 1. The summed E-state index contributed by atoms with van der Waals surface area (Å²) in [4.78, 5) is 28.8. The highest BCUT2D eigenvalue weighted by molar-refractivity contribution is 6.42. The highest BCUT2D eigenvalue weighted by Crippen LogP contribution is 2.23. The lowest BCUT2D eigenvalue weighted by atomic mass is 10.2. The van der Waals surface area contributed by atoms with Crippen molar-refractivity contribution in [1.29, 1.82) is 0 Å². The second kappa shape index (κ2) is 11.8. The fourth-order valence-electron chi connectivity index (χ4n) is 2.86. The van der Waals surface area contributed by atoms with Crippen LogP contribution in [0.1, 0.15) is 28.8 Å². The van der Waals surface area contributed by atoms with Crippen LogP contribution in [-0.2, 0) is 11.3 Å². The molecule has 2 aromatic carbocycles. The molecule has 0 unspecified atom stereocenters. The summed E-state index contributed by atoms with van der Waals surface area (Å²) in [7, 11) is 4.01. The van der Waals surface area contributed by atoms with E-state index in [1.165, 1.54) is 0 Å². The predicted octanol–water partition coefficient (Wildman–Crippen LogP) is 4.09. The van der Waals surface area contributed by atoms with Crippen LogP contribution in [0.5, 0.6) is 0 Å². The van der Waals surface area contributed by atoms with Crippen molar-refractivity contribution < 1.29 is 9.59 Å². The number of rotatable bonds is 10. The lowest BCUT2D eigenvalue weighted by Gasteiger charge is -2.24. The fraction of sp³-hybridized carbons (Fsp3) is 0.364. The van der Waals surface area contributed by atoms with Crippen LogP contribution in [0, 0.1) is 0 Å². The van der Waals surface area contributed by atoms with Gasteiger partial charge in [0.1, 0.15) is 0 Å². The predicted molar refractivity (Wildman–Crippen MR) is 118 cm³/mol. The summed E-state index contributed by atoms with van der Waals surface area (Å²) in [6, 6.07) is 14.4. The summed E-state index contributed by atoms with van der Waals surface area (Å²) in [6.45, 7) is 2.26. The second-order valence-corrected chi connectivity index (χ2v) is 7.91. The van der Waals surface area contributed by atoms with E-state index in [2.05, 4.69) is 10.2 Å². The standard InChI is InChI=1S/C22H27Cl2N3O2/c1-26(2)13-6-14-27(16-17-9-10-19(23)20(24)15-17)21(28)11-12-25-22(29)18-7-4-3-5-8-18/h3-5,7-10,15H,6,11-14,16H2,1-2H3,(H,25,29). The maximum Gasteiger partial charge on any atom is 0.251 e. The number of nitrogens with one attached hydrogen (secondary N) is 1. The Hall–Kier alpha value is -2.08. The van der Waals surface area contributed by atoms with E-state index < -0.39 is 0 Å². The van der Waals surface area contributed by atoms with E-state index >= 15 is 0 Å². The number of amides is 2. The highest BCUT2D eigenvalue weighted by atomic mass is 35.5. The van der Waals surface area contributed by atoms with E-state index in [4.69, 9.17) is 23.2 Å². The third-order valence-corrected chi connectivity index (χ3v) is 5.14. The minimum atomic E-state index is -0.179. The summed E-state index contributed by atoms with van der Waals surface area (Å²) in [6.07, 6.45) is 1.10. The lowest BCUT2D eigenvalue weighted by Crippen LogP contribution is -2.35. The molecule has 0 fully saturated rings. The van der Waals surface area contributed by atoms with Gasteiger partial charge in [0.25, 0.3) is 5.91 Å². The normalized spacial score (nSPS) is 10.8. The molecule has 0 bridgehead atoms. The Balaban J connectivity index is 1.94. The zero-order valence-corrected chi connectivity index (χ0v) is 18.3. The van der Waals surface area contributed by atoms with Crippen molar-refractivity contribution >= 4 is 35.0 Å². The minimum Gasteiger partial charge on any atom is -0.352 e. The molecule has 1 N–H and O–H groups in total. The second-order valence-electron chi connectivity index (χ2n) is 7.09. The van der Waals surface area contributed by atoms with Crippen LogP contribution in [0.15, 0.2) is 48.5 Å². The van der Waals surface area contributed by atoms with E-state index in [0.29, 0.717) is 28.7 Å². The topological polar surface area (TPSA) is 52.6 Å². The maximum atomic E-state index is 12.8. The number of carbonyl (C=O) groups excluding carboxylic acids is 2. The van der Waals surface area contributed by atoms with Crippen LogP contribution in [0.25, 0.3) is 0 Å². The first-order valence-corrected chi connectivity index (χ1v) is 10.3. The zero-order valence-electron chi connectivity index (χ0n) is 16.8. The molecule has 0 atom stereocenters. The SMILES string of the molecule is CN(C)CCCN(Cc1ccc(Cl)c(Cl)c1)C(=O)CCNC(=O)c1ccccc1. The number of nitrogens with zero attached hydrogens (tertiary/aromatic N) is 2. The van der Waals surface area contributed by atoms with Gasteiger partial charge in [-0.2, -0.15) is 0 Å². The molecule has 0 spiro atoms. The molecule has 0 aromatic heterocycles. The van der Waals surface area contributed by atoms with Gasteiger partial charge in [-0.15, -0.1) is 0 Å². The third-order valence-electron chi connectivity index (χ3n) is 4.40. The Bertz CT molecular complexity index is 813. The largest absolute Gasteiger partial charge is 0.352 e. The summed E-state index contributed by atoms with van der Waals surface area (Å²) in [5, 5.41) is 3.77. The molecule has 156 valence electrons. The van der Waals surface area contributed by atoms with Crippen LogP contribution in [0.3, 0.4) is 0 Å². The average molecular weight is 436 g/mol. The van der Waals surface area contributed by atoms with E-state index in [0.717, 1.165) is 18.5 Å². The van der Waals surface area contributed by atoms with Crippen molar-refractivity contribution in [3.05, 3.63) is 69.7 Å². The molecule has 2 aromatic rings. The first-order valence-electron chi connectivity index (χ1n) is 9.56. The number of carbonyl (C=O) groups is 2. The minimum absolute atomic E-state index is 0.0109. The van der Waals surface area contributed by atoms with Gasteiger partial charge >= 0.3 is 0 Å². The molecule has 29 heavy (non-hydrogen) atoms. The molecule has 0 heterocycles. The average Bonchev–Trinajstić information content (AvgIpc) is 2.70. The van der Waals surface area contributed by atoms with Gasteiger partial charge in [-0.3, -0.25) is 9.59 Å². The van der Waals surface area contributed by atoms with Gasteiger partial charge in [-0.1, -0.05) is 47.5 Å². The van der Waals surface area contributed by atoms with Crippen LogP contribution in [-0.4, -0.2) is 55.3 Å². The number of hydrogen-bond acceptors (Lipinski definition) is 3. The van der Waals surface area contributed by atoms with Gasteiger partial charge in [0.15, 0.2) is 0 Å². The molecule has 2 amide bonds. The molecule has 0 aliphatic rings.